The van der Waals surface area contributed by atoms with Gasteiger partial charge in [-0.3, -0.25) is 0 Å². The molecule has 0 bridgehead atoms. The number of nitrogens with two attached hydrogens (primary N) is 1. The van der Waals surface area contributed by atoms with Gasteiger partial charge in [0.1, 0.15) is 11.6 Å². The van der Waals surface area contributed by atoms with E-state index >= 15 is 0 Å². The van der Waals surface area contributed by atoms with Crippen LogP contribution in [0.4, 0.5) is 0 Å². The highest BCUT2D eigenvalue weighted by molar-refractivity contribution is 5.01. The molecule has 0 spiro atoms. The van der Waals surface area contributed by atoms with E-state index in [-0.39, 0.29) is 0 Å². The van der Waals surface area contributed by atoms with E-state index in [0.29, 0.717) is 6.54 Å². The lowest BCUT2D eigenvalue weighted by Crippen LogP contribution is -2.02. The van der Waals surface area contributed by atoms with Crippen molar-refractivity contribution >= 4 is 0 Å². The van der Waals surface area contributed by atoms with E-state index in [1.54, 1.807) is 6.20 Å². The van der Waals surface area contributed by atoms with Crippen LogP contribution in [0, 0.1) is 0 Å². The second-order valence-electron chi connectivity index (χ2n) is 4.14. The Labute approximate surface area is 101 Å². The quantitative estimate of drug-likeness (QED) is 0.628. The van der Waals surface area contributed by atoms with Gasteiger partial charge >= 0.3 is 0 Å². The van der Waals surface area contributed by atoms with E-state index in [4.69, 9.17) is 5.73 Å². The van der Waals surface area contributed by atoms with Gasteiger partial charge in [-0.1, -0.05) is 0 Å². The smallest absolute Gasteiger partial charge is 0.106 e. The average Bonchev–Trinajstić information content (AvgIpc) is 2.96. The molecular formula is C12H19N5. The summed E-state index contributed by atoms with van der Waals surface area (Å²) in [7, 11) is 0. The molecule has 4 N–H and O–H groups in total. The third kappa shape index (κ3) is 3.71. The number of hydrogen-bond donors (Lipinski definition) is 3. The molecule has 2 aromatic rings. The zero-order valence-corrected chi connectivity index (χ0v) is 9.95. The fourth-order valence-electron chi connectivity index (χ4n) is 1.83. The molecule has 2 rings (SSSR count). The predicted octanol–water partition coefficient (Wildman–Crippen LogP) is 1.20. The number of aryl methyl sites for hydroxylation is 2. The molecule has 0 saturated carbocycles. The minimum absolute atomic E-state index is 0.667. The molecule has 0 amide bonds. The predicted molar refractivity (Wildman–Crippen MR) is 66.6 cm³/mol. The minimum Gasteiger partial charge on any atom is -0.349 e. The Morgan fingerprint density at radius 1 is 1.06 bits per heavy atom. The maximum Gasteiger partial charge on any atom is 0.106 e. The van der Waals surface area contributed by atoms with Crippen LogP contribution in [0.1, 0.15) is 30.2 Å². The standard InChI is InChI=1S/C12H19N5/c13-6-5-10-9-16-12(17-10)4-2-1-3-11-14-7-8-15-11/h7-9H,1-6,13H2,(H,14,15)(H,16,17). The maximum absolute atomic E-state index is 5.49. The molecule has 5 nitrogen and oxygen atoms in total. The third-order valence-electron chi connectivity index (χ3n) is 2.73. The number of imidazole rings is 2. The van der Waals surface area contributed by atoms with Gasteiger partial charge in [0.2, 0.25) is 0 Å². The molecule has 2 heterocycles. The maximum atomic E-state index is 5.49. The Kier molecular flexibility index (Phi) is 4.32. The van der Waals surface area contributed by atoms with Crippen molar-refractivity contribution in [2.45, 2.75) is 32.1 Å². The van der Waals surface area contributed by atoms with Gasteiger partial charge in [0.25, 0.3) is 0 Å². The number of H-pyrrole nitrogens is 2. The first kappa shape index (κ1) is 11.9. The summed E-state index contributed by atoms with van der Waals surface area (Å²) in [5, 5.41) is 0. The highest BCUT2D eigenvalue weighted by atomic mass is 14.9. The van der Waals surface area contributed by atoms with Crippen molar-refractivity contribution in [1.29, 1.82) is 0 Å². The van der Waals surface area contributed by atoms with E-state index < -0.39 is 0 Å². The van der Waals surface area contributed by atoms with Crippen LogP contribution in [-0.2, 0) is 19.3 Å². The normalized spacial score (nSPS) is 10.9. The first-order chi connectivity index (χ1) is 8.38. The van der Waals surface area contributed by atoms with Gasteiger partial charge in [0.15, 0.2) is 0 Å². The highest BCUT2D eigenvalue weighted by Crippen LogP contribution is 2.05. The summed E-state index contributed by atoms with van der Waals surface area (Å²) < 4.78 is 0. The lowest BCUT2D eigenvalue weighted by molar-refractivity contribution is 0.695. The number of unbranched alkanes of at least 4 members (excludes halogenated alkanes) is 1. The molecule has 2 aromatic heterocycles. The first-order valence-corrected chi connectivity index (χ1v) is 6.09. The number of aromatic nitrogens is 4. The van der Waals surface area contributed by atoms with E-state index in [1.807, 2.05) is 12.4 Å². The number of hydrogen-bond acceptors (Lipinski definition) is 3. The molecule has 0 unspecified atom stereocenters. The lowest BCUT2D eigenvalue weighted by Gasteiger charge is -1.97. The highest BCUT2D eigenvalue weighted by Gasteiger charge is 2.00. The molecule has 17 heavy (non-hydrogen) atoms. The van der Waals surface area contributed by atoms with Crippen LogP contribution in [0.2, 0.25) is 0 Å². The Hall–Kier alpha value is -1.62. The summed E-state index contributed by atoms with van der Waals surface area (Å²) in [5.74, 6) is 2.13. The van der Waals surface area contributed by atoms with Crippen LogP contribution in [0.5, 0.6) is 0 Å². The summed E-state index contributed by atoms with van der Waals surface area (Å²) in [6.07, 6.45) is 10.7. The molecular weight excluding hydrogens is 214 g/mol. The van der Waals surface area contributed by atoms with Gasteiger partial charge in [-0.15, -0.1) is 0 Å². The zero-order chi connectivity index (χ0) is 11.9. The van der Waals surface area contributed by atoms with Crippen LogP contribution in [-0.4, -0.2) is 26.5 Å². The second-order valence-corrected chi connectivity index (χ2v) is 4.14. The van der Waals surface area contributed by atoms with Crippen LogP contribution >= 0.6 is 0 Å². The van der Waals surface area contributed by atoms with Gasteiger partial charge in [-0.2, -0.15) is 0 Å². The first-order valence-electron chi connectivity index (χ1n) is 6.09. The van der Waals surface area contributed by atoms with Crippen molar-refractivity contribution < 1.29 is 0 Å². The van der Waals surface area contributed by atoms with Gasteiger partial charge in [-0.05, 0) is 19.4 Å². The van der Waals surface area contributed by atoms with Gasteiger partial charge in [0.05, 0.1) is 0 Å². The molecule has 0 aliphatic rings. The Morgan fingerprint density at radius 2 is 1.88 bits per heavy atom. The second kappa shape index (κ2) is 6.20. The van der Waals surface area contributed by atoms with Gasteiger partial charge in [-0.25, -0.2) is 9.97 Å². The number of nitrogens with zero attached hydrogens (tertiary/aromatic N) is 2. The van der Waals surface area contributed by atoms with Crippen LogP contribution in [0.3, 0.4) is 0 Å². The fourth-order valence-corrected chi connectivity index (χ4v) is 1.83. The minimum atomic E-state index is 0.667. The molecule has 0 aliphatic carbocycles. The molecule has 0 saturated heterocycles. The topological polar surface area (TPSA) is 83.4 Å². The van der Waals surface area contributed by atoms with Crippen molar-refractivity contribution in [3.63, 3.8) is 0 Å². The van der Waals surface area contributed by atoms with Gasteiger partial charge in [0, 0.05) is 43.5 Å². The SMILES string of the molecule is NCCc1cnc(CCCCc2ncc[nH]2)[nH]1. The van der Waals surface area contributed by atoms with E-state index in [9.17, 15) is 0 Å². The van der Waals surface area contributed by atoms with Crippen molar-refractivity contribution in [3.05, 3.63) is 35.9 Å². The Morgan fingerprint density at radius 3 is 2.59 bits per heavy atom. The molecule has 0 fully saturated rings. The van der Waals surface area contributed by atoms with Gasteiger partial charge < -0.3 is 15.7 Å². The van der Waals surface area contributed by atoms with E-state index in [2.05, 4.69) is 19.9 Å². The third-order valence-corrected chi connectivity index (χ3v) is 2.73. The van der Waals surface area contributed by atoms with Crippen molar-refractivity contribution in [1.82, 2.24) is 19.9 Å². The molecule has 0 aromatic carbocycles. The van der Waals surface area contributed by atoms with Crippen LogP contribution < -0.4 is 5.73 Å². The fraction of sp³-hybridized carbons (Fsp3) is 0.500. The summed E-state index contributed by atoms with van der Waals surface area (Å²) >= 11 is 0. The van der Waals surface area contributed by atoms with Crippen LogP contribution in [0.25, 0.3) is 0 Å². The largest absolute Gasteiger partial charge is 0.349 e. The summed E-state index contributed by atoms with van der Waals surface area (Å²) in [4.78, 5) is 14.9. The molecule has 0 radical (unpaired) electrons. The molecule has 92 valence electrons. The van der Waals surface area contributed by atoms with Crippen LogP contribution in [0.15, 0.2) is 18.6 Å². The molecule has 0 atom stereocenters. The summed E-state index contributed by atoms with van der Waals surface area (Å²) in [5.41, 5.74) is 6.62. The van der Waals surface area contributed by atoms with E-state index in [1.165, 1.54) is 0 Å². The lowest BCUT2D eigenvalue weighted by atomic mass is 10.2. The Bertz CT molecular complexity index is 418. The molecule has 5 heteroatoms. The Balaban J connectivity index is 1.67. The van der Waals surface area contributed by atoms with Crippen molar-refractivity contribution in [3.8, 4) is 0 Å². The summed E-state index contributed by atoms with van der Waals surface area (Å²) in [6, 6.07) is 0. The number of aromatic amines is 2. The van der Waals surface area contributed by atoms with E-state index in [0.717, 1.165) is 49.4 Å². The van der Waals surface area contributed by atoms with Crippen molar-refractivity contribution in [2.75, 3.05) is 6.54 Å². The average molecular weight is 233 g/mol. The monoisotopic (exact) mass is 233 g/mol. The zero-order valence-electron chi connectivity index (χ0n) is 9.95. The molecule has 0 aliphatic heterocycles. The van der Waals surface area contributed by atoms with Crippen molar-refractivity contribution in [2.24, 2.45) is 5.73 Å². The summed E-state index contributed by atoms with van der Waals surface area (Å²) in [6.45, 7) is 0.667. The number of nitrogens with one attached hydrogen (secondary N) is 2. The number of rotatable bonds is 7.